The number of carbonyl (C=O) groups is 2. The van der Waals surface area contributed by atoms with Crippen molar-refractivity contribution in [3.8, 4) is 23.3 Å². The zero-order valence-electron chi connectivity index (χ0n) is 22.8. The summed E-state index contributed by atoms with van der Waals surface area (Å²) in [6.07, 6.45) is 2.83. The Morgan fingerprint density at radius 3 is 2.52 bits per heavy atom. The molecule has 2 aromatic carbocycles. The van der Waals surface area contributed by atoms with Crippen LogP contribution in [-0.2, 0) is 11.2 Å². The molecule has 1 saturated carbocycles. The molecule has 9 heteroatoms. The Kier molecular flexibility index (Phi) is 6.54. The number of benzene rings is 2. The van der Waals surface area contributed by atoms with E-state index in [9.17, 15) is 14.9 Å². The summed E-state index contributed by atoms with van der Waals surface area (Å²) < 4.78 is 13.3. The summed E-state index contributed by atoms with van der Waals surface area (Å²) in [4.78, 5) is 33.4. The fraction of sp³-hybridized carbons (Fsp3) is 0.355. The molecule has 40 heavy (non-hydrogen) atoms. The van der Waals surface area contributed by atoms with Crippen LogP contribution in [0.2, 0.25) is 0 Å². The molecule has 0 bridgehead atoms. The van der Waals surface area contributed by atoms with Gasteiger partial charge in [-0.1, -0.05) is 68.3 Å². The summed E-state index contributed by atoms with van der Waals surface area (Å²) in [7, 11) is 0. The zero-order chi connectivity index (χ0) is 28.0. The number of nitrogens with zero attached hydrogens (tertiary/aromatic N) is 4. The number of aromatic amines is 1. The molecule has 1 fully saturated rings. The van der Waals surface area contributed by atoms with Crippen LogP contribution in [0.15, 0.2) is 48.5 Å². The fourth-order valence-corrected chi connectivity index (χ4v) is 5.95. The van der Waals surface area contributed by atoms with E-state index in [-0.39, 0.29) is 40.6 Å². The van der Waals surface area contributed by atoms with Gasteiger partial charge in [-0.15, -0.1) is 0 Å². The van der Waals surface area contributed by atoms with E-state index in [4.69, 9.17) is 9.47 Å². The Labute approximate surface area is 232 Å². The average Bonchev–Trinajstić information content (AvgIpc) is 3.64. The van der Waals surface area contributed by atoms with Gasteiger partial charge in [-0.25, -0.2) is 19.1 Å². The van der Waals surface area contributed by atoms with E-state index in [1.54, 1.807) is 0 Å². The van der Waals surface area contributed by atoms with E-state index in [2.05, 4.69) is 30.0 Å². The van der Waals surface area contributed by atoms with Crippen LogP contribution >= 0.6 is 0 Å². The predicted molar refractivity (Wildman–Crippen MR) is 149 cm³/mol. The number of nitrogens with one attached hydrogen (secondary N) is 1. The van der Waals surface area contributed by atoms with Crippen molar-refractivity contribution in [3.63, 3.8) is 0 Å². The lowest BCUT2D eigenvalue weighted by molar-refractivity contribution is -0.0160. The van der Waals surface area contributed by atoms with Crippen LogP contribution in [0.1, 0.15) is 60.2 Å². The lowest BCUT2D eigenvalue weighted by atomic mass is 9.80. The molecule has 204 valence electrons. The first-order valence-electron chi connectivity index (χ1n) is 13.8. The summed E-state index contributed by atoms with van der Waals surface area (Å²) in [5.74, 6) is 0.138. The van der Waals surface area contributed by atoms with E-state index in [0.717, 1.165) is 41.6 Å². The maximum atomic E-state index is 13.7. The Bertz CT molecular complexity index is 1630. The normalized spacial score (nSPS) is 20.2. The van der Waals surface area contributed by atoms with Crippen molar-refractivity contribution >= 4 is 23.4 Å². The molecule has 2 unspecified atom stereocenters. The second kappa shape index (κ2) is 10.2. The maximum absolute atomic E-state index is 13.7. The monoisotopic (exact) mass is 537 g/mol. The van der Waals surface area contributed by atoms with Gasteiger partial charge in [0.25, 0.3) is 0 Å². The number of carbonyl (C=O) groups excluding carboxylic acids is 2. The summed E-state index contributed by atoms with van der Waals surface area (Å²) in [6.45, 7) is 6.61. The molecular formula is C31H31N5O4. The number of hydrogen-bond acceptors (Lipinski definition) is 6. The molecule has 3 heterocycles. The number of esters is 1. The summed E-state index contributed by atoms with van der Waals surface area (Å²) in [6, 6.07) is 17.5. The SMILES string of the molecule is Cc1ccc(-c2nc3c(C(=O)OC4C(C)CCCC4C)c(C#N)c(OC(=O)N4CCc5ccccc54)n3[nH]2)cc1. The summed E-state index contributed by atoms with van der Waals surface area (Å²) in [5.41, 5.74) is 3.77. The number of H-pyrrole nitrogens is 1. The van der Waals surface area contributed by atoms with E-state index in [0.29, 0.717) is 18.8 Å². The smallest absolute Gasteiger partial charge is 0.421 e. The van der Waals surface area contributed by atoms with Crippen LogP contribution in [0.5, 0.6) is 5.88 Å². The minimum atomic E-state index is -0.643. The van der Waals surface area contributed by atoms with Gasteiger partial charge in [-0.05, 0) is 49.7 Å². The van der Waals surface area contributed by atoms with Gasteiger partial charge < -0.3 is 9.47 Å². The quantitative estimate of drug-likeness (QED) is 0.317. The summed E-state index contributed by atoms with van der Waals surface area (Å²) >= 11 is 0. The predicted octanol–water partition coefficient (Wildman–Crippen LogP) is 6.05. The number of para-hydroxylation sites is 1. The topological polar surface area (TPSA) is 113 Å². The Morgan fingerprint density at radius 2 is 1.80 bits per heavy atom. The Morgan fingerprint density at radius 1 is 1.07 bits per heavy atom. The molecule has 1 N–H and O–H groups in total. The molecule has 1 aliphatic carbocycles. The molecular weight excluding hydrogens is 506 g/mol. The van der Waals surface area contributed by atoms with Crippen molar-refractivity contribution in [2.24, 2.45) is 11.8 Å². The number of aromatic nitrogens is 3. The van der Waals surface area contributed by atoms with Crippen LogP contribution < -0.4 is 9.64 Å². The number of aryl methyl sites for hydroxylation is 1. The first-order valence-corrected chi connectivity index (χ1v) is 13.8. The van der Waals surface area contributed by atoms with E-state index in [1.807, 2.05) is 55.5 Å². The van der Waals surface area contributed by atoms with Gasteiger partial charge >= 0.3 is 12.1 Å². The van der Waals surface area contributed by atoms with Crippen molar-refractivity contribution in [2.45, 2.75) is 52.6 Å². The van der Waals surface area contributed by atoms with Gasteiger partial charge in [-0.3, -0.25) is 10.00 Å². The Hall–Kier alpha value is -4.58. The number of ether oxygens (including phenoxy) is 2. The maximum Gasteiger partial charge on any atom is 0.421 e. The molecule has 0 spiro atoms. The lowest BCUT2D eigenvalue weighted by Gasteiger charge is -2.33. The van der Waals surface area contributed by atoms with Crippen molar-refractivity contribution < 1.29 is 19.1 Å². The highest BCUT2D eigenvalue weighted by molar-refractivity contribution is 6.01. The van der Waals surface area contributed by atoms with Gasteiger partial charge in [0, 0.05) is 12.1 Å². The third-order valence-electron chi connectivity index (χ3n) is 8.15. The number of amides is 1. The average molecular weight is 538 g/mol. The van der Waals surface area contributed by atoms with Crippen LogP contribution in [0, 0.1) is 30.1 Å². The number of nitriles is 1. The van der Waals surface area contributed by atoms with E-state index >= 15 is 0 Å². The number of rotatable bonds is 4. The highest BCUT2D eigenvalue weighted by Gasteiger charge is 2.36. The highest BCUT2D eigenvalue weighted by atomic mass is 16.6. The largest absolute Gasteiger partial charge is 0.458 e. The second-order valence-corrected chi connectivity index (χ2v) is 10.9. The third-order valence-corrected chi connectivity index (χ3v) is 8.15. The molecule has 6 rings (SSSR count). The van der Waals surface area contributed by atoms with Gasteiger partial charge in [-0.2, -0.15) is 5.26 Å². The van der Waals surface area contributed by atoms with Gasteiger partial charge in [0.2, 0.25) is 5.88 Å². The van der Waals surface area contributed by atoms with Gasteiger partial charge in [0.05, 0.1) is 5.69 Å². The molecule has 1 aliphatic heterocycles. The number of hydrogen-bond donors (Lipinski definition) is 1. The minimum absolute atomic E-state index is 0.00768. The molecule has 9 nitrogen and oxygen atoms in total. The zero-order valence-corrected chi connectivity index (χ0v) is 22.8. The van der Waals surface area contributed by atoms with Crippen molar-refractivity contribution in [1.29, 1.82) is 5.26 Å². The van der Waals surface area contributed by atoms with E-state index in [1.165, 1.54) is 9.42 Å². The standard InChI is InChI=1S/C31H31N5O4/c1-18-11-13-22(14-12-18)27-33-28-25(30(37)39-26-19(2)7-6-8-20(26)3)23(17-32)29(36(28)34-27)40-31(38)35-16-15-21-9-4-5-10-24(21)35/h4-5,9-14,19-20,26H,6-8,15-16H2,1-3H3,(H,33,34). The van der Waals surface area contributed by atoms with Crippen molar-refractivity contribution in [1.82, 2.24) is 14.6 Å². The molecule has 0 radical (unpaired) electrons. The van der Waals surface area contributed by atoms with Crippen LogP contribution in [0.25, 0.3) is 17.0 Å². The molecule has 4 aromatic rings. The van der Waals surface area contributed by atoms with Crippen molar-refractivity contribution in [2.75, 3.05) is 11.4 Å². The fourth-order valence-electron chi connectivity index (χ4n) is 5.95. The van der Waals surface area contributed by atoms with Crippen LogP contribution in [0.3, 0.4) is 0 Å². The highest BCUT2D eigenvalue weighted by Crippen LogP contribution is 2.36. The first-order chi connectivity index (χ1) is 19.4. The molecule has 0 saturated heterocycles. The van der Waals surface area contributed by atoms with E-state index < -0.39 is 12.1 Å². The second-order valence-electron chi connectivity index (χ2n) is 10.9. The minimum Gasteiger partial charge on any atom is -0.458 e. The third kappa shape index (κ3) is 4.39. The first kappa shape index (κ1) is 25.7. The van der Waals surface area contributed by atoms with Crippen LogP contribution in [0.4, 0.5) is 10.5 Å². The molecule has 1 amide bonds. The molecule has 2 atom stereocenters. The molecule has 2 aliphatic rings. The number of anilines is 1. The summed E-state index contributed by atoms with van der Waals surface area (Å²) in [5, 5.41) is 13.3. The Balaban J connectivity index is 1.42. The van der Waals surface area contributed by atoms with Crippen molar-refractivity contribution in [3.05, 3.63) is 70.8 Å². The van der Waals surface area contributed by atoms with Crippen LogP contribution in [-0.4, -0.2) is 39.3 Å². The molecule has 2 aromatic heterocycles. The lowest BCUT2D eigenvalue weighted by Crippen LogP contribution is -2.35. The van der Waals surface area contributed by atoms with Gasteiger partial charge in [0.1, 0.15) is 23.3 Å². The number of fused-ring (bicyclic) bond motifs is 2. The van der Waals surface area contributed by atoms with Gasteiger partial charge in [0.15, 0.2) is 11.5 Å².